The summed E-state index contributed by atoms with van der Waals surface area (Å²) in [6.45, 7) is 2.43. The predicted molar refractivity (Wildman–Crippen MR) is 167 cm³/mol. The Morgan fingerprint density at radius 1 is 0.767 bits per heavy atom. The van der Waals surface area contributed by atoms with Gasteiger partial charge >= 0.3 is 5.97 Å². The molecule has 218 valence electrons. The Balaban J connectivity index is 1.39. The van der Waals surface area contributed by atoms with E-state index in [4.69, 9.17) is 9.84 Å². The fourth-order valence-corrected chi connectivity index (χ4v) is 4.51. The van der Waals surface area contributed by atoms with E-state index in [-0.39, 0.29) is 22.9 Å². The lowest BCUT2D eigenvalue weighted by atomic mass is 10.1. The highest BCUT2D eigenvalue weighted by molar-refractivity contribution is 8.00. The van der Waals surface area contributed by atoms with Crippen LogP contribution in [0.2, 0.25) is 0 Å². The molecule has 4 rings (SSSR count). The van der Waals surface area contributed by atoms with Gasteiger partial charge in [-0.3, -0.25) is 14.4 Å². The molecule has 0 saturated heterocycles. The Kier molecular flexibility index (Phi) is 10.7. The van der Waals surface area contributed by atoms with Gasteiger partial charge in [-0.1, -0.05) is 30.3 Å². The minimum absolute atomic E-state index is 0.0597. The van der Waals surface area contributed by atoms with Gasteiger partial charge in [0.1, 0.15) is 11.4 Å². The number of rotatable bonds is 12. The molecule has 10 heteroatoms. The van der Waals surface area contributed by atoms with E-state index >= 15 is 0 Å². The molecule has 0 aliphatic carbocycles. The molecule has 3 amide bonds. The summed E-state index contributed by atoms with van der Waals surface area (Å²) in [5, 5.41) is 17.2. The highest BCUT2D eigenvalue weighted by Gasteiger charge is 2.15. The van der Waals surface area contributed by atoms with Crippen LogP contribution in [0.3, 0.4) is 0 Å². The van der Waals surface area contributed by atoms with Crippen LogP contribution in [-0.2, 0) is 9.59 Å². The Labute approximate surface area is 253 Å². The second-order valence-electron chi connectivity index (χ2n) is 9.08. The maximum absolute atomic E-state index is 13.3. The van der Waals surface area contributed by atoms with Crippen LogP contribution in [0.1, 0.15) is 33.2 Å². The molecule has 9 nitrogen and oxygen atoms in total. The molecule has 0 atom stereocenters. The number of anilines is 2. The number of carboxylic acids is 1. The molecular weight excluding hydrogens is 566 g/mol. The van der Waals surface area contributed by atoms with Crippen LogP contribution >= 0.6 is 11.8 Å². The molecule has 0 unspecified atom stereocenters. The molecule has 4 aromatic carbocycles. The predicted octanol–water partition coefficient (Wildman–Crippen LogP) is 5.92. The number of nitrogens with one attached hydrogen (secondary N) is 3. The van der Waals surface area contributed by atoms with Crippen molar-refractivity contribution in [1.29, 1.82) is 0 Å². The number of thioether (sulfide) groups is 1. The van der Waals surface area contributed by atoms with Crippen molar-refractivity contribution in [3.8, 4) is 5.75 Å². The topological polar surface area (TPSA) is 134 Å². The van der Waals surface area contributed by atoms with Crippen LogP contribution in [0, 0.1) is 0 Å². The third-order valence-electron chi connectivity index (χ3n) is 5.93. The van der Waals surface area contributed by atoms with Crippen LogP contribution in [0.5, 0.6) is 5.75 Å². The lowest BCUT2D eigenvalue weighted by Crippen LogP contribution is -2.30. The molecule has 0 aliphatic rings. The van der Waals surface area contributed by atoms with Gasteiger partial charge in [0.2, 0.25) is 5.91 Å². The zero-order valence-corrected chi connectivity index (χ0v) is 24.0. The second-order valence-corrected chi connectivity index (χ2v) is 10.1. The van der Waals surface area contributed by atoms with Crippen molar-refractivity contribution in [3.05, 3.63) is 126 Å². The standard InChI is InChI=1S/C33H29N3O6S/c1-2-42-27-16-8-22(9-17-27)20-29(36-31(38)23-6-4-3-5-7-23)32(39)35-26-14-18-28(19-15-26)43-21-30(37)34-25-12-10-24(11-13-25)33(40)41/h3-20H,2,21H2,1H3,(H,34,37)(H,35,39)(H,36,38)(H,40,41)/b29-20-. The van der Waals surface area contributed by atoms with Gasteiger partial charge in [0, 0.05) is 21.8 Å². The van der Waals surface area contributed by atoms with E-state index < -0.39 is 17.8 Å². The largest absolute Gasteiger partial charge is 0.494 e. The lowest BCUT2D eigenvalue weighted by Gasteiger charge is -2.12. The molecule has 0 saturated carbocycles. The minimum Gasteiger partial charge on any atom is -0.494 e. The van der Waals surface area contributed by atoms with Crippen molar-refractivity contribution in [3.63, 3.8) is 0 Å². The number of hydrogen-bond acceptors (Lipinski definition) is 6. The van der Waals surface area contributed by atoms with Crippen molar-refractivity contribution in [1.82, 2.24) is 5.32 Å². The Hall–Kier alpha value is -5.35. The van der Waals surface area contributed by atoms with Gasteiger partial charge in [-0.15, -0.1) is 11.8 Å². The number of carboxylic acid groups (broad SMARTS) is 1. The van der Waals surface area contributed by atoms with Crippen LogP contribution in [0.4, 0.5) is 11.4 Å². The van der Waals surface area contributed by atoms with Crippen molar-refractivity contribution >= 4 is 52.9 Å². The molecule has 4 aromatic rings. The zero-order chi connectivity index (χ0) is 30.6. The summed E-state index contributed by atoms with van der Waals surface area (Å²) < 4.78 is 5.48. The summed E-state index contributed by atoms with van der Waals surface area (Å²) >= 11 is 1.30. The van der Waals surface area contributed by atoms with Gasteiger partial charge in [0.05, 0.1) is 17.9 Å². The van der Waals surface area contributed by atoms with Crippen molar-refractivity contribution in [2.75, 3.05) is 23.0 Å². The molecular formula is C33H29N3O6S. The molecule has 4 N–H and O–H groups in total. The molecule has 0 fully saturated rings. The van der Waals surface area contributed by atoms with E-state index in [2.05, 4.69) is 16.0 Å². The van der Waals surface area contributed by atoms with E-state index in [1.54, 1.807) is 84.9 Å². The molecule has 0 bridgehead atoms. The Morgan fingerprint density at radius 2 is 1.40 bits per heavy atom. The summed E-state index contributed by atoms with van der Waals surface area (Å²) in [7, 11) is 0. The average molecular weight is 596 g/mol. The molecule has 43 heavy (non-hydrogen) atoms. The van der Waals surface area contributed by atoms with Crippen LogP contribution < -0.4 is 20.7 Å². The van der Waals surface area contributed by atoms with Crippen LogP contribution in [0.25, 0.3) is 6.08 Å². The van der Waals surface area contributed by atoms with E-state index in [9.17, 15) is 19.2 Å². The third-order valence-corrected chi connectivity index (χ3v) is 6.94. The lowest BCUT2D eigenvalue weighted by molar-refractivity contribution is -0.114. The first-order valence-corrected chi connectivity index (χ1v) is 14.3. The number of aromatic carboxylic acids is 1. The number of hydrogen-bond donors (Lipinski definition) is 4. The smallest absolute Gasteiger partial charge is 0.335 e. The van der Waals surface area contributed by atoms with Crippen LogP contribution in [-0.4, -0.2) is 41.2 Å². The van der Waals surface area contributed by atoms with Crippen molar-refractivity contribution in [2.45, 2.75) is 11.8 Å². The van der Waals surface area contributed by atoms with Crippen molar-refractivity contribution < 1.29 is 29.0 Å². The van der Waals surface area contributed by atoms with E-state index in [1.165, 1.54) is 36.0 Å². The maximum atomic E-state index is 13.3. The van der Waals surface area contributed by atoms with Crippen molar-refractivity contribution in [2.24, 2.45) is 0 Å². The monoisotopic (exact) mass is 595 g/mol. The summed E-state index contributed by atoms with van der Waals surface area (Å²) in [5.41, 5.74) is 2.31. The van der Waals surface area contributed by atoms with E-state index in [0.717, 1.165) is 4.90 Å². The number of benzene rings is 4. The van der Waals surface area contributed by atoms with E-state index in [0.29, 0.717) is 34.9 Å². The van der Waals surface area contributed by atoms with Gasteiger partial charge in [-0.05, 0) is 91.4 Å². The SMILES string of the molecule is CCOc1ccc(/C=C(\NC(=O)c2ccccc2)C(=O)Nc2ccc(SCC(=O)Nc3ccc(C(=O)O)cc3)cc2)cc1. The van der Waals surface area contributed by atoms with E-state index in [1.807, 2.05) is 6.92 Å². The number of carbonyl (C=O) groups excluding carboxylic acids is 3. The number of carbonyl (C=O) groups is 4. The molecule has 0 aromatic heterocycles. The first-order valence-electron chi connectivity index (χ1n) is 13.3. The maximum Gasteiger partial charge on any atom is 0.335 e. The second kappa shape index (κ2) is 15.0. The highest BCUT2D eigenvalue weighted by atomic mass is 32.2. The summed E-state index contributed by atoms with van der Waals surface area (Å²) in [5.74, 6) is -1.38. The molecule has 0 heterocycles. The normalized spacial score (nSPS) is 10.9. The van der Waals surface area contributed by atoms with Gasteiger partial charge in [0.25, 0.3) is 11.8 Å². The van der Waals surface area contributed by atoms with Gasteiger partial charge in [-0.25, -0.2) is 4.79 Å². The number of amides is 3. The zero-order valence-electron chi connectivity index (χ0n) is 23.2. The molecule has 0 spiro atoms. The summed E-state index contributed by atoms with van der Waals surface area (Å²) in [4.78, 5) is 50.2. The summed E-state index contributed by atoms with van der Waals surface area (Å²) in [6, 6.07) is 28.6. The minimum atomic E-state index is -1.04. The molecule has 0 radical (unpaired) electrons. The van der Waals surface area contributed by atoms with Gasteiger partial charge in [0.15, 0.2) is 0 Å². The fourth-order valence-electron chi connectivity index (χ4n) is 3.81. The van der Waals surface area contributed by atoms with Crippen LogP contribution in [0.15, 0.2) is 114 Å². The van der Waals surface area contributed by atoms with Gasteiger partial charge < -0.3 is 25.8 Å². The Morgan fingerprint density at radius 3 is 2.02 bits per heavy atom. The first kappa shape index (κ1) is 30.6. The third kappa shape index (κ3) is 9.34. The fraction of sp³-hybridized carbons (Fsp3) is 0.0909. The summed E-state index contributed by atoms with van der Waals surface area (Å²) in [6.07, 6.45) is 1.59. The quantitative estimate of drug-likeness (QED) is 0.118. The Bertz CT molecular complexity index is 1600. The molecule has 0 aliphatic heterocycles. The first-order chi connectivity index (χ1) is 20.8. The highest BCUT2D eigenvalue weighted by Crippen LogP contribution is 2.22. The van der Waals surface area contributed by atoms with Gasteiger partial charge in [-0.2, -0.15) is 0 Å². The number of ether oxygens (including phenoxy) is 1. The average Bonchev–Trinajstić information content (AvgIpc) is 3.02.